The molecule has 2 fully saturated rings. The monoisotopic (exact) mass is 465 g/mol. The summed E-state index contributed by atoms with van der Waals surface area (Å²) in [6.45, 7) is 6.39. The van der Waals surface area contributed by atoms with Crippen molar-refractivity contribution in [1.82, 2.24) is 24.3 Å². The van der Waals surface area contributed by atoms with Crippen molar-refractivity contribution in [2.45, 2.75) is 31.1 Å². The molecule has 2 N–H and O–H groups in total. The summed E-state index contributed by atoms with van der Waals surface area (Å²) in [5, 5.41) is 6.62. The summed E-state index contributed by atoms with van der Waals surface area (Å²) in [4.78, 5) is 16.6. The van der Waals surface area contributed by atoms with Crippen LogP contribution in [0.4, 0.5) is 11.8 Å². The van der Waals surface area contributed by atoms with Gasteiger partial charge in [0.05, 0.1) is 11.2 Å². The number of nitrogens with one attached hydrogen (secondary N) is 2. The SMILES string of the molecule is C=C(Nc1cc(C2CC2)ccn1)c1ccc(-c2nc(C3CCN(C)C3)c3ccnc(NC)n23)cc1. The van der Waals surface area contributed by atoms with Gasteiger partial charge in [-0.15, -0.1) is 0 Å². The van der Waals surface area contributed by atoms with Crippen LogP contribution in [-0.4, -0.2) is 51.4 Å². The molecule has 35 heavy (non-hydrogen) atoms. The Morgan fingerprint density at radius 3 is 2.51 bits per heavy atom. The predicted octanol–water partition coefficient (Wildman–Crippen LogP) is 5.21. The lowest BCUT2D eigenvalue weighted by Gasteiger charge is -2.11. The molecule has 0 bridgehead atoms. The lowest BCUT2D eigenvalue weighted by atomic mass is 10.0. The van der Waals surface area contributed by atoms with Crippen LogP contribution in [0.3, 0.4) is 0 Å². The zero-order valence-electron chi connectivity index (χ0n) is 20.3. The first kappa shape index (κ1) is 21.8. The van der Waals surface area contributed by atoms with Crippen LogP contribution in [0.25, 0.3) is 22.6 Å². The molecular formula is C28H31N7. The van der Waals surface area contributed by atoms with E-state index in [-0.39, 0.29) is 0 Å². The maximum atomic E-state index is 5.17. The van der Waals surface area contributed by atoms with Gasteiger partial charge in [0.1, 0.15) is 11.6 Å². The molecule has 178 valence electrons. The standard InChI is InChI=1S/C28H31N7/c1-18(32-25-16-22(10-13-30-25)20-6-7-20)19-4-8-21(9-5-19)27-33-26(23-12-15-34(3)17-23)24-11-14-31-28(29-2)35(24)27/h4-5,8-11,13-14,16,20,23H,1,6-7,12,15,17H2,2-3H3,(H,29,31)(H,30,32). The molecule has 4 heterocycles. The Hall–Kier alpha value is -3.71. The van der Waals surface area contributed by atoms with Gasteiger partial charge >= 0.3 is 0 Å². The number of rotatable bonds is 7. The van der Waals surface area contributed by atoms with Crippen molar-refractivity contribution in [3.05, 3.63) is 78.3 Å². The second-order valence-electron chi connectivity index (χ2n) is 9.74. The van der Waals surface area contributed by atoms with Gasteiger partial charge in [0.15, 0.2) is 0 Å². The van der Waals surface area contributed by atoms with E-state index in [0.717, 1.165) is 65.1 Å². The first-order valence-electron chi connectivity index (χ1n) is 12.4. The van der Waals surface area contributed by atoms with Gasteiger partial charge in [-0.1, -0.05) is 30.8 Å². The van der Waals surface area contributed by atoms with Crippen molar-refractivity contribution < 1.29 is 0 Å². The minimum Gasteiger partial charge on any atom is -0.358 e. The molecule has 2 aliphatic rings. The molecule has 7 heteroatoms. The minimum absolute atomic E-state index is 0.429. The summed E-state index contributed by atoms with van der Waals surface area (Å²) in [7, 11) is 4.08. The third-order valence-electron chi connectivity index (χ3n) is 7.19. The molecule has 1 saturated heterocycles. The predicted molar refractivity (Wildman–Crippen MR) is 142 cm³/mol. The van der Waals surface area contributed by atoms with Gasteiger partial charge in [-0.2, -0.15) is 0 Å². The van der Waals surface area contributed by atoms with E-state index in [1.807, 2.05) is 19.4 Å². The molecule has 1 aliphatic carbocycles. The van der Waals surface area contributed by atoms with Crippen LogP contribution in [0.2, 0.25) is 0 Å². The zero-order valence-corrected chi connectivity index (χ0v) is 20.3. The van der Waals surface area contributed by atoms with Crippen LogP contribution >= 0.6 is 0 Å². The molecule has 1 aromatic carbocycles. The summed E-state index contributed by atoms with van der Waals surface area (Å²) >= 11 is 0. The Labute approximate surface area is 205 Å². The number of pyridine rings is 1. The van der Waals surface area contributed by atoms with Gasteiger partial charge in [-0.05, 0) is 68.1 Å². The van der Waals surface area contributed by atoms with Gasteiger partial charge in [-0.25, -0.2) is 15.0 Å². The van der Waals surface area contributed by atoms with Gasteiger partial charge in [0.2, 0.25) is 5.95 Å². The van der Waals surface area contributed by atoms with E-state index in [1.165, 1.54) is 18.4 Å². The van der Waals surface area contributed by atoms with Crippen molar-refractivity contribution in [1.29, 1.82) is 0 Å². The summed E-state index contributed by atoms with van der Waals surface area (Å²) < 4.78 is 2.14. The number of likely N-dealkylation sites (tertiary alicyclic amines) is 1. The molecule has 4 aromatic rings. The number of anilines is 2. The zero-order chi connectivity index (χ0) is 23.9. The highest BCUT2D eigenvalue weighted by atomic mass is 15.2. The average Bonchev–Trinajstić information content (AvgIpc) is 3.54. The third-order valence-corrected chi connectivity index (χ3v) is 7.19. The van der Waals surface area contributed by atoms with E-state index in [1.54, 1.807) is 0 Å². The molecule has 1 aliphatic heterocycles. The third kappa shape index (κ3) is 4.17. The maximum absolute atomic E-state index is 5.17. The van der Waals surface area contributed by atoms with Gasteiger partial charge in [0.25, 0.3) is 0 Å². The quantitative estimate of drug-likeness (QED) is 0.390. The van der Waals surface area contributed by atoms with E-state index in [9.17, 15) is 0 Å². The molecule has 0 radical (unpaired) electrons. The fourth-order valence-electron chi connectivity index (χ4n) is 5.12. The molecule has 1 atom stereocenters. The Balaban J connectivity index is 1.30. The Morgan fingerprint density at radius 2 is 1.80 bits per heavy atom. The van der Waals surface area contributed by atoms with Crippen LogP contribution < -0.4 is 10.6 Å². The highest BCUT2D eigenvalue weighted by Gasteiger charge is 2.27. The molecule has 6 rings (SSSR count). The summed E-state index contributed by atoms with van der Waals surface area (Å²) in [5.74, 6) is 3.67. The molecule has 0 amide bonds. The molecule has 3 aromatic heterocycles. The number of imidazole rings is 1. The van der Waals surface area contributed by atoms with Crippen LogP contribution in [0, 0.1) is 0 Å². The van der Waals surface area contributed by atoms with Crippen LogP contribution in [0.1, 0.15) is 47.9 Å². The smallest absolute Gasteiger partial charge is 0.208 e. The number of benzene rings is 1. The van der Waals surface area contributed by atoms with E-state index < -0.39 is 0 Å². The second kappa shape index (κ2) is 8.82. The van der Waals surface area contributed by atoms with Crippen LogP contribution in [-0.2, 0) is 0 Å². The number of hydrogen-bond donors (Lipinski definition) is 2. The molecular weight excluding hydrogens is 434 g/mol. The topological polar surface area (TPSA) is 70.4 Å². The van der Waals surface area contributed by atoms with Gasteiger partial charge < -0.3 is 15.5 Å². The largest absolute Gasteiger partial charge is 0.358 e. The van der Waals surface area contributed by atoms with E-state index in [4.69, 9.17) is 4.98 Å². The number of hydrogen-bond acceptors (Lipinski definition) is 6. The van der Waals surface area contributed by atoms with E-state index in [2.05, 4.69) is 86.0 Å². The van der Waals surface area contributed by atoms with E-state index >= 15 is 0 Å². The fourth-order valence-corrected chi connectivity index (χ4v) is 5.12. The Kier molecular flexibility index (Phi) is 5.49. The summed E-state index contributed by atoms with van der Waals surface area (Å²) in [5.41, 5.74) is 6.54. The molecule has 0 spiro atoms. The van der Waals surface area contributed by atoms with Crippen molar-refractivity contribution in [3.63, 3.8) is 0 Å². The first-order valence-corrected chi connectivity index (χ1v) is 12.4. The number of fused-ring (bicyclic) bond motifs is 1. The van der Waals surface area contributed by atoms with Crippen molar-refractivity contribution in [2.24, 2.45) is 0 Å². The highest BCUT2D eigenvalue weighted by Crippen LogP contribution is 2.40. The fraction of sp³-hybridized carbons (Fsp3) is 0.321. The Bertz CT molecular complexity index is 1380. The maximum Gasteiger partial charge on any atom is 0.208 e. The van der Waals surface area contributed by atoms with Crippen molar-refractivity contribution in [2.75, 3.05) is 37.8 Å². The normalized spacial score (nSPS) is 18.2. The summed E-state index contributed by atoms with van der Waals surface area (Å²) in [6.07, 6.45) is 7.42. The first-order chi connectivity index (χ1) is 17.1. The molecule has 7 nitrogen and oxygen atoms in total. The van der Waals surface area contributed by atoms with Crippen LogP contribution in [0.15, 0.2) is 61.4 Å². The summed E-state index contributed by atoms with van der Waals surface area (Å²) in [6, 6.07) is 14.7. The molecule has 1 saturated carbocycles. The second-order valence-corrected chi connectivity index (χ2v) is 9.74. The lowest BCUT2D eigenvalue weighted by Crippen LogP contribution is -2.13. The Morgan fingerprint density at radius 1 is 1.00 bits per heavy atom. The number of likely N-dealkylation sites (N-methyl/N-ethyl adjacent to an activating group) is 1. The number of aromatic nitrogens is 4. The van der Waals surface area contributed by atoms with E-state index in [0.29, 0.717) is 11.8 Å². The van der Waals surface area contributed by atoms with Crippen LogP contribution in [0.5, 0.6) is 0 Å². The van der Waals surface area contributed by atoms with Gasteiger partial charge in [-0.3, -0.25) is 4.40 Å². The number of nitrogens with zero attached hydrogens (tertiary/aromatic N) is 5. The minimum atomic E-state index is 0.429. The average molecular weight is 466 g/mol. The van der Waals surface area contributed by atoms with Crippen molar-refractivity contribution in [3.8, 4) is 11.4 Å². The molecule has 1 unspecified atom stereocenters. The van der Waals surface area contributed by atoms with Crippen molar-refractivity contribution >= 4 is 23.0 Å². The van der Waals surface area contributed by atoms with Gasteiger partial charge in [0, 0.05) is 43.2 Å². The highest BCUT2D eigenvalue weighted by molar-refractivity contribution is 5.76. The lowest BCUT2D eigenvalue weighted by molar-refractivity contribution is 0.411.